The second kappa shape index (κ2) is 78.3. The first-order chi connectivity index (χ1) is 51.4. The number of phosphoric acid groups is 2. The third-order valence-electron chi connectivity index (χ3n) is 20.5. The van der Waals surface area contributed by atoms with Gasteiger partial charge < -0.3 is 33.8 Å². The van der Waals surface area contributed by atoms with E-state index in [0.717, 1.165) is 102 Å². The number of hydrogen-bond acceptors (Lipinski definition) is 15. The van der Waals surface area contributed by atoms with Crippen molar-refractivity contribution in [3.05, 3.63) is 0 Å². The Morgan fingerprint density at radius 3 is 0.642 bits per heavy atom. The van der Waals surface area contributed by atoms with Crippen LogP contribution in [0.1, 0.15) is 465 Å². The predicted octanol–water partition coefficient (Wildman–Crippen LogP) is 26.6. The molecule has 0 aromatic carbocycles. The highest BCUT2D eigenvalue weighted by atomic mass is 31.2. The fourth-order valence-corrected chi connectivity index (χ4v) is 15.2. The Morgan fingerprint density at radius 2 is 0.434 bits per heavy atom. The van der Waals surface area contributed by atoms with E-state index in [1.54, 1.807) is 0 Å². The van der Waals surface area contributed by atoms with Gasteiger partial charge >= 0.3 is 39.5 Å². The van der Waals surface area contributed by atoms with Crippen LogP contribution in [0.3, 0.4) is 0 Å². The quantitative estimate of drug-likeness (QED) is 0.0222. The first kappa shape index (κ1) is 104. The first-order valence-electron chi connectivity index (χ1n) is 45.0. The maximum Gasteiger partial charge on any atom is 0.472 e. The molecule has 0 aliphatic carbocycles. The van der Waals surface area contributed by atoms with Crippen LogP contribution < -0.4 is 0 Å². The molecule has 0 rings (SSSR count). The van der Waals surface area contributed by atoms with Crippen molar-refractivity contribution in [2.75, 3.05) is 39.6 Å². The lowest BCUT2D eigenvalue weighted by Crippen LogP contribution is -2.30. The summed E-state index contributed by atoms with van der Waals surface area (Å²) >= 11 is 0. The number of carbonyl (C=O) groups excluding carboxylic acids is 4. The molecule has 5 atom stereocenters. The zero-order chi connectivity index (χ0) is 77.8. The minimum absolute atomic E-state index is 0.108. The molecule has 0 aliphatic heterocycles. The van der Waals surface area contributed by atoms with Gasteiger partial charge in [-0.05, 0) is 37.5 Å². The average molecular weight is 1550 g/mol. The van der Waals surface area contributed by atoms with E-state index in [2.05, 4.69) is 41.5 Å². The molecule has 106 heavy (non-hydrogen) atoms. The molecule has 0 aromatic heterocycles. The minimum Gasteiger partial charge on any atom is -0.462 e. The van der Waals surface area contributed by atoms with E-state index in [9.17, 15) is 43.2 Å². The average Bonchev–Trinajstić information content (AvgIpc) is 0.950. The van der Waals surface area contributed by atoms with Crippen LogP contribution in [-0.4, -0.2) is 96.7 Å². The number of aliphatic hydroxyl groups excluding tert-OH is 1. The van der Waals surface area contributed by atoms with E-state index in [4.69, 9.17) is 37.0 Å². The normalized spacial score (nSPS) is 13.8. The van der Waals surface area contributed by atoms with Crippen LogP contribution in [0.25, 0.3) is 0 Å². The lowest BCUT2D eigenvalue weighted by Gasteiger charge is -2.21. The Bertz CT molecular complexity index is 2030. The van der Waals surface area contributed by atoms with Gasteiger partial charge in [-0.3, -0.25) is 37.3 Å². The van der Waals surface area contributed by atoms with Crippen molar-refractivity contribution in [2.24, 2.45) is 11.8 Å². The molecule has 0 fully saturated rings. The second-order valence-electron chi connectivity index (χ2n) is 32.2. The molecule has 630 valence electrons. The zero-order valence-electron chi connectivity index (χ0n) is 69.7. The Labute approximate surface area is 651 Å². The van der Waals surface area contributed by atoms with E-state index in [-0.39, 0.29) is 25.7 Å². The summed E-state index contributed by atoms with van der Waals surface area (Å²) in [5, 5.41) is 10.7. The topological polar surface area (TPSA) is 237 Å². The summed E-state index contributed by atoms with van der Waals surface area (Å²) < 4.78 is 69.0. The molecule has 19 heteroatoms. The summed E-state index contributed by atoms with van der Waals surface area (Å²) in [5.41, 5.74) is 0. The Morgan fingerprint density at radius 1 is 0.255 bits per heavy atom. The number of phosphoric ester groups is 2. The smallest absolute Gasteiger partial charge is 0.462 e. The molecule has 0 aromatic rings. The molecule has 0 bridgehead atoms. The fraction of sp³-hybridized carbons (Fsp3) is 0.954. The van der Waals surface area contributed by atoms with Crippen LogP contribution in [0, 0.1) is 11.8 Å². The van der Waals surface area contributed by atoms with E-state index in [1.807, 2.05) is 0 Å². The van der Waals surface area contributed by atoms with Gasteiger partial charge in [0.05, 0.1) is 26.4 Å². The fourth-order valence-electron chi connectivity index (χ4n) is 13.6. The number of hydrogen-bond donors (Lipinski definition) is 3. The number of rotatable bonds is 86. The van der Waals surface area contributed by atoms with E-state index in [1.165, 1.54) is 283 Å². The molecule has 0 spiro atoms. The van der Waals surface area contributed by atoms with Gasteiger partial charge in [-0.1, -0.05) is 414 Å². The number of aliphatic hydroxyl groups is 1. The minimum atomic E-state index is -4.97. The molecule has 2 unspecified atom stereocenters. The maximum absolute atomic E-state index is 13.2. The van der Waals surface area contributed by atoms with Crippen LogP contribution in [0.4, 0.5) is 0 Å². The van der Waals surface area contributed by atoms with Crippen molar-refractivity contribution in [1.29, 1.82) is 0 Å². The molecule has 0 saturated heterocycles. The van der Waals surface area contributed by atoms with Gasteiger partial charge in [0.1, 0.15) is 19.3 Å². The first-order valence-corrected chi connectivity index (χ1v) is 48.0. The summed E-state index contributed by atoms with van der Waals surface area (Å²) in [6.07, 6.45) is 70.7. The summed E-state index contributed by atoms with van der Waals surface area (Å²) in [4.78, 5) is 73.3. The zero-order valence-corrected chi connectivity index (χ0v) is 71.5. The van der Waals surface area contributed by atoms with Crippen molar-refractivity contribution in [3.8, 4) is 0 Å². The number of unbranched alkanes of at least 4 members (excludes halogenated alkanes) is 56. The van der Waals surface area contributed by atoms with Crippen LogP contribution in [0.5, 0.6) is 0 Å². The predicted molar refractivity (Wildman–Crippen MR) is 437 cm³/mol. The van der Waals surface area contributed by atoms with Crippen molar-refractivity contribution in [2.45, 2.75) is 484 Å². The third kappa shape index (κ3) is 80.1. The Balaban J connectivity index is 5.26. The molecule has 0 aliphatic rings. The monoisotopic (exact) mass is 1550 g/mol. The molecular formula is C87H170O17P2. The lowest BCUT2D eigenvalue weighted by atomic mass is 10.0. The van der Waals surface area contributed by atoms with Crippen molar-refractivity contribution in [1.82, 2.24) is 0 Å². The van der Waals surface area contributed by atoms with E-state index in [0.29, 0.717) is 25.7 Å². The standard InChI is InChI=1S/C87H170O17P2/c1-7-9-11-13-15-17-19-21-22-23-24-25-26-27-28-34-41-47-53-59-65-71-86(91)103-83(76-98-85(90)70-64-58-52-46-40-35-29-32-37-43-49-55-61-67-79(3)4)78-102-106(95,96)100-74-81(88)73-99-105(93,94)101-77-82(75-97-84(89)69-63-57-51-45-39-31-20-18-16-14-12-10-8-2)104-87(92)72-66-60-54-48-42-36-30-33-38-44-50-56-62-68-80(5)6/h79-83,88H,7-78H2,1-6H3,(H,93,94)(H,95,96)/t81-,82+,83+/m0/s1. The van der Waals surface area contributed by atoms with Crippen molar-refractivity contribution in [3.63, 3.8) is 0 Å². The van der Waals surface area contributed by atoms with Crippen LogP contribution in [-0.2, 0) is 65.4 Å². The largest absolute Gasteiger partial charge is 0.472 e. The van der Waals surface area contributed by atoms with Gasteiger partial charge in [-0.25, -0.2) is 9.13 Å². The highest BCUT2D eigenvalue weighted by Gasteiger charge is 2.30. The van der Waals surface area contributed by atoms with Crippen molar-refractivity contribution < 1.29 is 80.2 Å². The van der Waals surface area contributed by atoms with Gasteiger partial charge in [-0.2, -0.15) is 0 Å². The molecule has 3 N–H and O–H groups in total. The SMILES string of the molecule is CCCCCCCCCCCCCCCCCCCCCCCC(=O)O[C@H](COC(=O)CCCCCCCCCCCCCCCC(C)C)COP(=O)(O)OC[C@@H](O)COP(=O)(O)OC[C@@H](COC(=O)CCCCCCCCCCCCCCC)OC(=O)CCCCCCCCCCCCCCCC(C)C. The van der Waals surface area contributed by atoms with Gasteiger partial charge in [0.25, 0.3) is 0 Å². The molecule has 0 radical (unpaired) electrons. The van der Waals surface area contributed by atoms with Gasteiger partial charge in [0, 0.05) is 25.7 Å². The number of esters is 4. The number of ether oxygens (including phenoxy) is 4. The number of carbonyl (C=O) groups is 4. The van der Waals surface area contributed by atoms with Gasteiger partial charge in [0.2, 0.25) is 0 Å². The van der Waals surface area contributed by atoms with Crippen LogP contribution >= 0.6 is 15.6 Å². The van der Waals surface area contributed by atoms with Crippen molar-refractivity contribution >= 4 is 39.5 Å². The Hall–Kier alpha value is -1.94. The third-order valence-corrected chi connectivity index (χ3v) is 22.4. The van der Waals surface area contributed by atoms with Crippen LogP contribution in [0.2, 0.25) is 0 Å². The molecule has 0 amide bonds. The summed E-state index contributed by atoms with van der Waals surface area (Å²) in [7, 11) is -9.93. The summed E-state index contributed by atoms with van der Waals surface area (Å²) in [6, 6.07) is 0. The van der Waals surface area contributed by atoms with Gasteiger partial charge in [-0.15, -0.1) is 0 Å². The maximum atomic E-state index is 13.2. The second-order valence-corrected chi connectivity index (χ2v) is 35.1. The highest BCUT2D eigenvalue weighted by molar-refractivity contribution is 7.47. The molecule has 0 saturated carbocycles. The molecular weight excluding hydrogens is 1380 g/mol. The van der Waals surface area contributed by atoms with Crippen LogP contribution in [0.15, 0.2) is 0 Å². The molecule has 17 nitrogen and oxygen atoms in total. The van der Waals surface area contributed by atoms with E-state index >= 15 is 0 Å². The van der Waals surface area contributed by atoms with Gasteiger partial charge in [0.15, 0.2) is 12.2 Å². The van der Waals surface area contributed by atoms with E-state index < -0.39 is 97.5 Å². The summed E-state index contributed by atoms with van der Waals surface area (Å²) in [5.74, 6) is -0.521. The highest BCUT2D eigenvalue weighted by Crippen LogP contribution is 2.45. The molecule has 0 heterocycles. The Kier molecular flexibility index (Phi) is 76.9. The summed E-state index contributed by atoms with van der Waals surface area (Å²) in [6.45, 7) is 9.72. The lowest BCUT2D eigenvalue weighted by molar-refractivity contribution is -0.161.